The molecule has 2 heterocycles. The molecule has 1 atom stereocenters. The molecule has 8 heteroatoms. The second kappa shape index (κ2) is 14.9. The molecule has 1 unspecified atom stereocenters. The van der Waals surface area contributed by atoms with Crippen molar-refractivity contribution in [2.24, 2.45) is 16.8 Å². The van der Waals surface area contributed by atoms with Crippen molar-refractivity contribution in [3.63, 3.8) is 0 Å². The van der Waals surface area contributed by atoms with Crippen LogP contribution in [0.1, 0.15) is 51.5 Å². The molecule has 2 aliphatic rings. The molecule has 1 saturated heterocycles. The van der Waals surface area contributed by atoms with Crippen molar-refractivity contribution in [3.05, 3.63) is 23.9 Å². The summed E-state index contributed by atoms with van der Waals surface area (Å²) in [6, 6.07) is 4.07. The Hall–Kier alpha value is -1.13. The number of halogens is 1. The number of methoxy groups -OCH3 is 1. The molecule has 0 amide bonds. The maximum atomic E-state index is 6.16. The fourth-order valence-electron chi connectivity index (χ4n) is 4.28. The van der Waals surface area contributed by atoms with Gasteiger partial charge in [-0.3, -0.25) is 0 Å². The van der Waals surface area contributed by atoms with Crippen LogP contribution in [0, 0.1) is 11.8 Å². The number of likely N-dealkylation sites (tertiary alicyclic amines) is 1. The van der Waals surface area contributed by atoms with E-state index in [0.717, 1.165) is 68.8 Å². The summed E-state index contributed by atoms with van der Waals surface area (Å²) >= 11 is 0. The number of ether oxygens (including phenoxy) is 3. The second-order valence-electron chi connectivity index (χ2n) is 8.84. The Morgan fingerprint density at radius 3 is 2.78 bits per heavy atom. The highest BCUT2D eigenvalue weighted by molar-refractivity contribution is 14.0. The van der Waals surface area contributed by atoms with Gasteiger partial charge in [0.05, 0.1) is 26.4 Å². The topological polar surface area (TPSA) is 68.2 Å². The largest absolute Gasteiger partial charge is 0.474 e. The number of guanidine groups is 1. The summed E-state index contributed by atoms with van der Waals surface area (Å²) in [4.78, 5) is 11.7. The first-order valence-corrected chi connectivity index (χ1v) is 11.9. The van der Waals surface area contributed by atoms with Crippen LogP contribution in [-0.2, 0) is 16.0 Å². The smallest absolute Gasteiger partial charge is 0.213 e. The summed E-state index contributed by atoms with van der Waals surface area (Å²) in [5.41, 5.74) is 1.13. The Kier molecular flexibility index (Phi) is 12.6. The SMILES string of the molecule is CCNC(=NCc1ccnc(OC2CCC(C)CC2)c1)N1CCC(COCCOC)C1.I. The molecule has 1 aliphatic heterocycles. The standard InChI is InChI=1S/C24H40N4O3.HI/c1-4-25-24(28-12-10-21(17-28)18-30-14-13-29-3)27-16-20-9-11-26-23(15-20)31-22-7-5-19(2)6-8-22;/h9,11,15,19,21-22H,4-8,10,12-14,16-18H2,1-3H3,(H,25,27);1H. The van der Waals surface area contributed by atoms with Gasteiger partial charge in [0.1, 0.15) is 6.10 Å². The average molecular weight is 561 g/mol. The van der Waals surface area contributed by atoms with E-state index in [1.807, 2.05) is 18.3 Å². The molecule has 1 N–H and O–H groups in total. The van der Waals surface area contributed by atoms with Crippen molar-refractivity contribution in [1.29, 1.82) is 0 Å². The van der Waals surface area contributed by atoms with Gasteiger partial charge in [0.25, 0.3) is 0 Å². The Balaban J connectivity index is 0.00000363. The lowest BCUT2D eigenvalue weighted by Crippen LogP contribution is -2.40. The maximum absolute atomic E-state index is 6.16. The average Bonchev–Trinajstić information content (AvgIpc) is 3.25. The molecule has 32 heavy (non-hydrogen) atoms. The minimum atomic E-state index is 0. The van der Waals surface area contributed by atoms with E-state index in [1.54, 1.807) is 7.11 Å². The van der Waals surface area contributed by atoms with Gasteiger partial charge in [-0.25, -0.2) is 9.98 Å². The van der Waals surface area contributed by atoms with Gasteiger partial charge in [-0.1, -0.05) is 6.92 Å². The highest BCUT2D eigenvalue weighted by atomic mass is 127. The van der Waals surface area contributed by atoms with Crippen molar-refractivity contribution >= 4 is 29.9 Å². The quantitative estimate of drug-likeness (QED) is 0.201. The molecule has 0 bridgehead atoms. The molecule has 0 aromatic carbocycles. The number of nitrogens with one attached hydrogen (secondary N) is 1. The molecule has 182 valence electrons. The minimum absolute atomic E-state index is 0. The number of nitrogens with zero attached hydrogens (tertiary/aromatic N) is 3. The van der Waals surface area contributed by atoms with Crippen LogP contribution < -0.4 is 10.1 Å². The van der Waals surface area contributed by atoms with Gasteiger partial charge in [0.15, 0.2) is 5.96 Å². The van der Waals surface area contributed by atoms with Crippen molar-refractivity contribution in [2.45, 2.75) is 58.6 Å². The van der Waals surface area contributed by atoms with Gasteiger partial charge in [-0.15, -0.1) is 24.0 Å². The molecule has 7 nitrogen and oxygen atoms in total. The van der Waals surface area contributed by atoms with Crippen LogP contribution in [0.4, 0.5) is 0 Å². The van der Waals surface area contributed by atoms with Crippen LogP contribution in [0.15, 0.2) is 23.3 Å². The summed E-state index contributed by atoms with van der Waals surface area (Å²) < 4.78 is 16.9. The molecular formula is C24H41IN4O3. The van der Waals surface area contributed by atoms with Gasteiger partial charge >= 0.3 is 0 Å². The van der Waals surface area contributed by atoms with E-state index in [-0.39, 0.29) is 24.0 Å². The van der Waals surface area contributed by atoms with Crippen LogP contribution >= 0.6 is 24.0 Å². The van der Waals surface area contributed by atoms with Crippen LogP contribution in [-0.4, -0.2) is 68.5 Å². The highest BCUT2D eigenvalue weighted by Crippen LogP contribution is 2.26. The number of hydrogen-bond acceptors (Lipinski definition) is 5. The van der Waals surface area contributed by atoms with Crippen molar-refractivity contribution in [3.8, 4) is 5.88 Å². The normalized spacial score (nSPS) is 23.7. The zero-order chi connectivity index (χ0) is 21.9. The number of aromatic nitrogens is 1. The minimum Gasteiger partial charge on any atom is -0.474 e. The molecule has 1 aliphatic carbocycles. The predicted molar refractivity (Wildman–Crippen MR) is 139 cm³/mol. The lowest BCUT2D eigenvalue weighted by molar-refractivity contribution is 0.0536. The third-order valence-corrected chi connectivity index (χ3v) is 6.17. The summed E-state index contributed by atoms with van der Waals surface area (Å²) in [6.45, 7) is 9.99. The molecule has 1 aromatic heterocycles. The van der Waals surface area contributed by atoms with Gasteiger partial charge in [-0.2, -0.15) is 0 Å². The number of hydrogen-bond donors (Lipinski definition) is 1. The lowest BCUT2D eigenvalue weighted by atomic mass is 9.89. The molecule has 2 fully saturated rings. The van der Waals surface area contributed by atoms with E-state index >= 15 is 0 Å². The lowest BCUT2D eigenvalue weighted by Gasteiger charge is -2.26. The van der Waals surface area contributed by atoms with Crippen molar-refractivity contribution < 1.29 is 14.2 Å². The van der Waals surface area contributed by atoms with Crippen molar-refractivity contribution in [2.75, 3.05) is 46.6 Å². The fraction of sp³-hybridized carbons (Fsp3) is 0.750. The second-order valence-corrected chi connectivity index (χ2v) is 8.84. The number of pyridine rings is 1. The Morgan fingerprint density at radius 2 is 2.03 bits per heavy atom. The Bertz CT molecular complexity index is 683. The first-order valence-electron chi connectivity index (χ1n) is 11.9. The van der Waals surface area contributed by atoms with E-state index < -0.39 is 0 Å². The first-order chi connectivity index (χ1) is 15.2. The van der Waals surface area contributed by atoms with E-state index in [9.17, 15) is 0 Å². The van der Waals surface area contributed by atoms with Crippen LogP contribution in [0.25, 0.3) is 0 Å². The fourth-order valence-corrected chi connectivity index (χ4v) is 4.28. The molecule has 1 aromatic rings. The maximum Gasteiger partial charge on any atom is 0.213 e. The molecule has 0 radical (unpaired) electrons. The third kappa shape index (κ3) is 9.02. The van der Waals surface area contributed by atoms with Crippen molar-refractivity contribution in [1.82, 2.24) is 15.2 Å². The van der Waals surface area contributed by atoms with E-state index in [0.29, 0.717) is 31.8 Å². The molecule has 0 spiro atoms. The number of rotatable bonds is 10. The summed E-state index contributed by atoms with van der Waals surface area (Å²) in [5.74, 6) is 3.06. The monoisotopic (exact) mass is 560 g/mol. The van der Waals surface area contributed by atoms with Crippen LogP contribution in [0.5, 0.6) is 5.88 Å². The number of aliphatic imine (C=N–C) groups is 1. The Morgan fingerprint density at radius 1 is 1.22 bits per heavy atom. The Labute approximate surface area is 210 Å². The van der Waals surface area contributed by atoms with E-state index in [4.69, 9.17) is 19.2 Å². The molecule has 1 saturated carbocycles. The van der Waals surface area contributed by atoms with Gasteiger partial charge in [-0.05, 0) is 56.6 Å². The first kappa shape index (κ1) is 27.1. The highest BCUT2D eigenvalue weighted by Gasteiger charge is 2.25. The van der Waals surface area contributed by atoms with E-state index in [1.165, 1.54) is 12.8 Å². The van der Waals surface area contributed by atoms with Crippen LogP contribution in [0.3, 0.4) is 0 Å². The summed E-state index contributed by atoms with van der Waals surface area (Å²) in [6.07, 6.45) is 8.01. The van der Waals surface area contributed by atoms with Crippen LogP contribution in [0.2, 0.25) is 0 Å². The van der Waals surface area contributed by atoms with E-state index in [2.05, 4.69) is 29.0 Å². The summed E-state index contributed by atoms with van der Waals surface area (Å²) in [7, 11) is 1.70. The zero-order valence-electron chi connectivity index (χ0n) is 19.9. The summed E-state index contributed by atoms with van der Waals surface area (Å²) in [5, 5.41) is 3.44. The molecular weight excluding hydrogens is 519 g/mol. The predicted octanol–water partition coefficient (Wildman–Crippen LogP) is 4.11. The van der Waals surface area contributed by atoms with Gasteiger partial charge < -0.3 is 24.4 Å². The zero-order valence-corrected chi connectivity index (χ0v) is 22.3. The third-order valence-electron chi connectivity index (χ3n) is 6.17. The van der Waals surface area contributed by atoms with Gasteiger partial charge in [0.2, 0.25) is 5.88 Å². The van der Waals surface area contributed by atoms with Gasteiger partial charge in [0, 0.05) is 44.9 Å². The molecule has 3 rings (SSSR count).